The first-order chi connectivity index (χ1) is 15.2. The van der Waals surface area contributed by atoms with Crippen LogP contribution in [0.5, 0.6) is 5.75 Å². The average molecular weight is 440 g/mol. The Labute approximate surface area is 186 Å². The molecule has 1 aromatic carbocycles. The molecule has 3 aromatic rings. The van der Waals surface area contributed by atoms with Crippen molar-refractivity contribution in [3.63, 3.8) is 0 Å². The topological polar surface area (TPSA) is 108 Å². The number of rotatable bonds is 5. The van der Waals surface area contributed by atoms with Crippen LogP contribution in [-0.2, 0) is 24.8 Å². The SMILES string of the molecule is CCc1c(-c2ccc3c(c2)cc(CN2CC(C)OC(C)C2)n3C)[nH]c(=O)c(C(=O)O)c1O. The fourth-order valence-electron chi connectivity index (χ4n) is 4.77. The molecule has 0 spiro atoms. The second-order valence-corrected chi connectivity index (χ2v) is 8.61. The molecule has 2 atom stereocenters. The quantitative estimate of drug-likeness (QED) is 0.564. The van der Waals surface area contributed by atoms with E-state index in [-0.39, 0.29) is 12.2 Å². The minimum atomic E-state index is -1.44. The van der Waals surface area contributed by atoms with Crippen molar-refractivity contribution in [3.8, 4) is 17.0 Å². The zero-order valence-corrected chi connectivity index (χ0v) is 18.8. The van der Waals surface area contributed by atoms with E-state index in [1.54, 1.807) is 0 Å². The molecule has 0 bridgehead atoms. The number of ether oxygens (including phenoxy) is 1. The number of carboxylic acids is 1. The number of aromatic hydroxyl groups is 1. The maximum Gasteiger partial charge on any atom is 0.345 e. The molecule has 2 aromatic heterocycles. The molecule has 170 valence electrons. The first kappa shape index (κ1) is 22.1. The molecule has 0 radical (unpaired) electrons. The van der Waals surface area contributed by atoms with E-state index in [0.717, 1.165) is 36.1 Å². The van der Waals surface area contributed by atoms with Gasteiger partial charge in [0, 0.05) is 48.8 Å². The summed E-state index contributed by atoms with van der Waals surface area (Å²) in [6.45, 7) is 8.57. The number of hydrogen-bond acceptors (Lipinski definition) is 5. The summed E-state index contributed by atoms with van der Waals surface area (Å²) in [6.07, 6.45) is 0.778. The van der Waals surface area contributed by atoms with E-state index in [1.807, 2.05) is 32.2 Å². The van der Waals surface area contributed by atoms with E-state index in [4.69, 9.17) is 4.74 Å². The monoisotopic (exact) mass is 439 g/mol. The van der Waals surface area contributed by atoms with Crippen LogP contribution in [0.3, 0.4) is 0 Å². The number of pyridine rings is 1. The number of H-pyrrole nitrogens is 1. The van der Waals surface area contributed by atoms with Gasteiger partial charge in [0.05, 0.1) is 17.9 Å². The van der Waals surface area contributed by atoms with Gasteiger partial charge in [0.1, 0.15) is 5.75 Å². The maximum absolute atomic E-state index is 12.3. The van der Waals surface area contributed by atoms with Crippen LogP contribution in [0.25, 0.3) is 22.2 Å². The van der Waals surface area contributed by atoms with E-state index in [9.17, 15) is 19.8 Å². The summed E-state index contributed by atoms with van der Waals surface area (Å²) in [4.78, 5) is 28.8. The number of carbonyl (C=O) groups is 1. The number of nitrogens with one attached hydrogen (secondary N) is 1. The van der Waals surface area contributed by atoms with Gasteiger partial charge in [-0.1, -0.05) is 13.0 Å². The highest BCUT2D eigenvalue weighted by atomic mass is 16.5. The first-order valence-corrected chi connectivity index (χ1v) is 10.9. The van der Waals surface area contributed by atoms with Crippen LogP contribution >= 0.6 is 0 Å². The lowest BCUT2D eigenvalue weighted by atomic mass is 9.99. The van der Waals surface area contributed by atoms with Crippen LogP contribution in [0.4, 0.5) is 0 Å². The normalized spacial score (nSPS) is 19.5. The molecule has 8 nitrogen and oxygen atoms in total. The van der Waals surface area contributed by atoms with Crippen molar-refractivity contribution in [1.82, 2.24) is 14.5 Å². The van der Waals surface area contributed by atoms with Crippen molar-refractivity contribution >= 4 is 16.9 Å². The molecular formula is C24H29N3O5. The summed E-state index contributed by atoms with van der Waals surface area (Å²) in [6, 6.07) is 7.97. The molecule has 2 unspecified atom stereocenters. The number of benzene rings is 1. The van der Waals surface area contributed by atoms with Crippen molar-refractivity contribution in [3.05, 3.63) is 51.4 Å². The molecular weight excluding hydrogens is 410 g/mol. The highest BCUT2D eigenvalue weighted by molar-refractivity contribution is 5.92. The van der Waals surface area contributed by atoms with Crippen molar-refractivity contribution in [2.75, 3.05) is 13.1 Å². The van der Waals surface area contributed by atoms with Crippen LogP contribution in [0.15, 0.2) is 29.1 Å². The van der Waals surface area contributed by atoms with Crippen LogP contribution in [0.2, 0.25) is 0 Å². The van der Waals surface area contributed by atoms with E-state index < -0.39 is 22.8 Å². The van der Waals surface area contributed by atoms with Crippen molar-refractivity contribution in [1.29, 1.82) is 0 Å². The predicted octanol–water partition coefficient (Wildman–Crippen LogP) is 3.11. The van der Waals surface area contributed by atoms with Gasteiger partial charge in [0.15, 0.2) is 5.56 Å². The van der Waals surface area contributed by atoms with Crippen LogP contribution in [0, 0.1) is 0 Å². The summed E-state index contributed by atoms with van der Waals surface area (Å²) in [5, 5.41) is 20.7. The zero-order chi connectivity index (χ0) is 23.2. The Morgan fingerprint density at radius 3 is 2.53 bits per heavy atom. The molecule has 0 aliphatic carbocycles. The largest absolute Gasteiger partial charge is 0.506 e. The Morgan fingerprint density at radius 2 is 1.91 bits per heavy atom. The summed E-state index contributed by atoms with van der Waals surface area (Å²) < 4.78 is 8.00. The van der Waals surface area contributed by atoms with Crippen molar-refractivity contribution < 1.29 is 19.7 Å². The van der Waals surface area contributed by atoms with E-state index >= 15 is 0 Å². The second-order valence-electron chi connectivity index (χ2n) is 8.61. The van der Waals surface area contributed by atoms with Crippen LogP contribution < -0.4 is 5.56 Å². The third kappa shape index (κ3) is 3.91. The molecule has 4 rings (SSSR count). The minimum absolute atomic E-state index is 0.200. The molecule has 3 heterocycles. The number of aryl methyl sites for hydroxylation is 1. The smallest absolute Gasteiger partial charge is 0.345 e. The number of carboxylic acid groups (broad SMARTS) is 1. The highest BCUT2D eigenvalue weighted by Crippen LogP contribution is 2.32. The number of nitrogens with zero attached hydrogens (tertiary/aromatic N) is 2. The minimum Gasteiger partial charge on any atom is -0.506 e. The van der Waals surface area contributed by atoms with Gasteiger partial charge in [0.25, 0.3) is 5.56 Å². The lowest BCUT2D eigenvalue weighted by Crippen LogP contribution is -2.45. The van der Waals surface area contributed by atoms with Crippen molar-refractivity contribution in [2.45, 2.75) is 45.9 Å². The first-order valence-electron chi connectivity index (χ1n) is 10.9. The predicted molar refractivity (Wildman–Crippen MR) is 122 cm³/mol. The van der Waals surface area contributed by atoms with E-state index in [0.29, 0.717) is 17.7 Å². The Hall–Kier alpha value is -3.10. The Balaban J connectivity index is 1.74. The summed E-state index contributed by atoms with van der Waals surface area (Å²) >= 11 is 0. The van der Waals surface area contributed by atoms with Crippen molar-refractivity contribution in [2.24, 2.45) is 7.05 Å². The zero-order valence-electron chi connectivity index (χ0n) is 18.8. The van der Waals surface area contributed by atoms with E-state index in [2.05, 4.69) is 34.4 Å². The standard InChI is InChI=1S/C24H29N3O5/c1-5-18-21(25-23(29)20(22(18)28)24(30)31)15-6-7-19-16(8-15)9-17(26(19)4)12-27-10-13(2)32-14(3)11-27/h6-9,13-14H,5,10-12H2,1-4H3,(H,30,31)(H2,25,28,29). The van der Waals surface area contributed by atoms with Gasteiger partial charge in [-0.3, -0.25) is 9.69 Å². The van der Waals surface area contributed by atoms with Gasteiger partial charge in [-0.05, 0) is 44.0 Å². The van der Waals surface area contributed by atoms with Gasteiger partial charge in [-0.2, -0.15) is 0 Å². The maximum atomic E-state index is 12.3. The molecule has 1 aliphatic rings. The molecule has 3 N–H and O–H groups in total. The lowest BCUT2D eigenvalue weighted by molar-refractivity contribution is -0.0709. The average Bonchev–Trinajstić information content (AvgIpc) is 3.01. The summed E-state index contributed by atoms with van der Waals surface area (Å²) in [5.41, 5.74) is 2.38. The van der Waals surface area contributed by atoms with Gasteiger partial charge in [0.2, 0.25) is 0 Å². The second kappa shape index (κ2) is 8.44. The van der Waals surface area contributed by atoms with E-state index in [1.165, 1.54) is 5.69 Å². The summed E-state index contributed by atoms with van der Waals surface area (Å²) in [5.74, 6) is -1.91. The van der Waals surface area contributed by atoms with Gasteiger partial charge in [-0.15, -0.1) is 0 Å². The number of fused-ring (bicyclic) bond motifs is 1. The molecule has 0 amide bonds. The fourth-order valence-corrected chi connectivity index (χ4v) is 4.77. The number of aromatic carboxylic acids is 1. The van der Waals surface area contributed by atoms with Crippen LogP contribution in [0.1, 0.15) is 42.4 Å². The Kier molecular flexibility index (Phi) is 5.83. The molecule has 0 saturated carbocycles. The molecule has 8 heteroatoms. The third-order valence-electron chi connectivity index (χ3n) is 6.17. The number of aromatic amines is 1. The third-order valence-corrected chi connectivity index (χ3v) is 6.17. The molecule has 1 fully saturated rings. The van der Waals surface area contributed by atoms with Gasteiger partial charge >= 0.3 is 5.97 Å². The lowest BCUT2D eigenvalue weighted by Gasteiger charge is -2.35. The molecule has 1 saturated heterocycles. The summed E-state index contributed by atoms with van der Waals surface area (Å²) in [7, 11) is 2.04. The Morgan fingerprint density at radius 1 is 1.22 bits per heavy atom. The van der Waals surface area contributed by atoms with Crippen LogP contribution in [-0.4, -0.2) is 55.9 Å². The number of aromatic nitrogens is 2. The fraction of sp³-hybridized carbons (Fsp3) is 0.417. The molecule has 1 aliphatic heterocycles. The number of hydrogen-bond donors (Lipinski definition) is 3. The molecule has 32 heavy (non-hydrogen) atoms. The van der Waals surface area contributed by atoms with Gasteiger partial charge < -0.3 is 24.5 Å². The van der Waals surface area contributed by atoms with Gasteiger partial charge in [-0.25, -0.2) is 4.79 Å². The number of morpholine rings is 1. The Bertz CT molecular complexity index is 1230. The highest BCUT2D eigenvalue weighted by Gasteiger charge is 2.24.